The van der Waals surface area contributed by atoms with Crippen LogP contribution in [0, 0.1) is 0 Å². The predicted octanol–water partition coefficient (Wildman–Crippen LogP) is 6.32. The second kappa shape index (κ2) is 9.58. The Labute approximate surface area is 141 Å². The van der Waals surface area contributed by atoms with Crippen LogP contribution in [0.25, 0.3) is 5.57 Å². The molecule has 0 radical (unpaired) electrons. The van der Waals surface area contributed by atoms with Gasteiger partial charge in [0, 0.05) is 12.4 Å². The van der Waals surface area contributed by atoms with Gasteiger partial charge in [0.25, 0.3) is 0 Å². The molecule has 1 rings (SSSR count). The average molecular weight is 305 g/mol. The normalized spacial score (nSPS) is 11.9. The molecule has 0 N–H and O–H groups in total. The maximum Gasteiger partial charge on any atom is 0.0297 e. The first-order chi connectivity index (χ1) is 10.9. The Balaban J connectivity index is 2.69. The molecule has 0 aromatic heterocycles. The van der Waals surface area contributed by atoms with E-state index >= 15 is 0 Å². The minimum absolute atomic E-state index is 0.818. The summed E-state index contributed by atoms with van der Waals surface area (Å²) in [6, 6.07) is 8.59. The third-order valence-electron chi connectivity index (χ3n) is 3.16. The highest BCUT2D eigenvalue weighted by Gasteiger charge is 1.98. The molecular formula is C22H27N. The van der Waals surface area contributed by atoms with Crippen LogP contribution in [0.1, 0.15) is 38.8 Å². The molecule has 0 atom stereocenters. The molecule has 0 aliphatic heterocycles. The van der Waals surface area contributed by atoms with Gasteiger partial charge in [-0.1, -0.05) is 66.8 Å². The molecule has 1 aromatic rings. The van der Waals surface area contributed by atoms with Crippen LogP contribution in [-0.2, 0) is 6.42 Å². The predicted molar refractivity (Wildman–Crippen MR) is 105 cm³/mol. The lowest BCUT2D eigenvalue weighted by molar-refractivity contribution is 1.23. The van der Waals surface area contributed by atoms with Gasteiger partial charge in [0.1, 0.15) is 0 Å². The summed E-state index contributed by atoms with van der Waals surface area (Å²) in [4.78, 5) is 4.25. The summed E-state index contributed by atoms with van der Waals surface area (Å²) in [7, 11) is 0. The summed E-state index contributed by atoms with van der Waals surface area (Å²) in [5, 5.41) is 0. The maximum atomic E-state index is 4.25. The molecule has 0 fully saturated rings. The standard InChI is InChI=1S/C22H27N/c1-17(2)8-7-9-20(6)22-12-10-21(11-13-22)14-19(5)16-23-15-18(3)4/h7-13,15-16H,1,5,14H2,2-4,6H3/b8-7-,20-9+,23-16?. The van der Waals surface area contributed by atoms with Crippen molar-refractivity contribution in [1.82, 2.24) is 0 Å². The van der Waals surface area contributed by atoms with E-state index in [4.69, 9.17) is 0 Å². The number of nitrogens with zero attached hydrogens (tertiary/aromatic N) is 1. The molecule has 23 heavy (non-hydrogen) atoms. The van der Waals surface area contributed by atoms with Crippen LogP contribution >= 0.6 is 0 Å². The number of hydrogen-bond donors (Lipinski definition) is 0. The van der Waals surface area contributed by atoms with E-state index in [0.29, 0.717) is 0 Å². The Bertz CT molecular complexity index is 660. The second-order valence-corrected chi connectivity index (χ2v) is 6.07. The van der Waals surface area contributed by atoms with Gasteiger partial charge >= 0.3 is 0 Å². The van der Waals surface area contributed by atoms with Crippen molar-refractivity contribution >= 4 is 11.8 Å². The van der Waals surface area contributed by atoms with Crippen molar-refractivity contribution in [1.29, 1.82) is 0 Å². The number of hydrogen-bond acceptors (Lipinski definition) is 1. The summed E-state index contributed by atoms with van der Waals surface area (Å²) < 4.78 is 0. The van der Waals surface area contributed by atoms with Gasteiger partial charge in [-0.3, -0.25) is 4.99 Å². The van der Waals surface area contributed by atoms with E-state index in [1.807, 2.05) is 45.3 Å². The highest BCUT2D eigenvalue weighted by Crippen LogP contribution is 2.16. The van der Waals surface area contributed by atoms with Crippen molar-refractivity contribution in [3.05, 3.63) is 89.7 Å². The van der Waals surface area contributed by atoms with Crippen molar-refractivity contribution in [2.24, 2.45) is 4.99 Å². The molecule has 1 heteroatoms. The highest BCUT2D eigenvalue weighted by atomic mass is 14.7. The highest BCUT2D eigenvalue weighted by molar-refractivity contribution is 5.78. The fraction of sp³-hybridized carbons (Fsp3) is 0.227. The van der Waals surface area contributed by atoms with Crippen LogP contribution in [0.5, 0.6) is 0 Å². The molecule has 0 heterocycles. The summed E-state index contributed by atoms with van der Waals surface area (Å²) in [6.07, 6.45) is 10.6. The topological polar surface area (TPSA) is 12.4 Å². The SMILES string of the molecule is C=C(C)/C=C\C=C(/C)c1ccc(CC(=C)C=NC=C(C)C)cc1. The third-order valence-corrected chi connectivity index (χ3v) is 3.16. The van der Waals surface area contributed by atoms with Crippen LogP contribution in [0.4, 0.5) is 0 Å². The molecule has 0 spiro atoms. The summed E-state index contributed by atoms with van der Waals surface area (Å²) in [5.74, 6) is 0. The van der Waals surface area contributed by atoms with E-state index in [2.05, 4.69) is 55.4 Å². The fourth-order valence-corrected chi connectivity index (χ4v) is 1.94. The van der Waals surface area contributed by atoms with Crippen molar-refractivity contribution in [2.45, 2.75) is 34.1 Å². The quantitative estimate of drug-likeness (QED) is 0.413. The molecule has 0 bridgehead atoms. The van der Waals surface area contributed by atoms with Crippen molar-refractivity contribution in [3.63, 3.8) is 0 Å². The molecule has 0 saturated heterocycles. The van der Waals surface area contributed by atoms with Crippen molar-refractivity contribution in [2.75, 3.05) is 0 Å². The molecule has 0 saturated carbocycles. The largest absolute Gasteiger partial charge is 0.265 e. The molecule has 0 aliphatic rings. The minimum atomic E-state index is 0.818. The minimum Gasteiger partial charge on any atom is -0.265 e. The van der Waals surface area contributed by atoms with Gasteiger partial charge in [-0.25, -0.2) is 0 Å². The van der Waals surface area contributed by atoms with E-state index in [1.54, 1.807) is 0 Å². The van der Waals surface area contributed by atoms with Crippen LogP contribution in [0.3, 0.4) is 0 Å². The smallest absolute Gasteiger partial charge is 0.0297 e. The molecule has 0 unspecified atom stereocenters. The Morgan fingerprint density at radius 1 is 1.04 bits per heavy atom. The van der Waals surface area contributed by atoms with Crippen LogP contribution in [-0.4, -0.2) is 6.21 Å². The third kappa shape index (κ3) is 7.96. The first-order valence-corrected chi connectivity index (χ1v) is 7.82. The summed E-state index contributed by atoms with van der Waals surface area (Å²) in [6.45, 7) is 16.1. The van der Waals surface area contributed by atoms with Gasteiger partial charge in [-0.05, 0) is 56.4 Å². The van der Waals surface area contributed by atoms with Crippen LogP contribution in [0.2, 0.25) is 0 Å². The van der Waals surface area contributed by atoms with Gasteiger partial charge in [0.05, 0.1) is 0 Å². The Morgan fingerprint density at radius 3 is 2.26 bits per heavy atom. The van der Waals surface area contributed by atoms with Crippen LogP contribution < -0.4 is 0 Å². The zero-order valence-electron chi connectivity index (χ0n) is 14.8. The second-order valence-electron chi connectivity index (χ2n) is 6.07. The van der Waals surface area contributed by atoms with Gasteiger partial charge < -0.3 is 0 Å². The van der Waals surface area contributed by atoms with E-state index < -0.39 is 0 Å². The number of aliphatic imine (C=N–C) groups is 1. The number of rotatable bonds is 7. The van der Waals surface area contributed by atoms with E-state index in [1.165, 1.54) is 22.3 Å². The molecule has 1 nitrogen and oxygen atoms in total. The first-order valence-electron chi connectivity index (χ1n) is 7.82. The van der Waals surface area contributed by atoms with E-state index in [0.717, 1.165) is 17.6 Å². The Hall–Kier alpha value is -2.41. The number of benzene rings is 1. The zero-order chi connectivity index (χ0) is 17.2. The maximum absolute atomic E-state index is 4.25. The first kappa shape index (κ1) is 18.6. The van der Waals surface area contributed by atoms with Crippen molar-refractivity contribution in [3.8, 4) is 0 Å². The summed E-state index contributed by atoms with van der Waals surface area (Å²) in [5.41, 5.74) is 6.94. The monoisotopic (exact) mass is 305 g/mol. The molecule has 120 valence electrons. The molecule has 0 amide bonds. The zero-order valence-corrected chi connectivity index (χ0v) is 14.8. The molecule has 1 aromatic carbocycles. The molecule has 0 aliphatic carbocycles. The summed E-state index contributed by atoms with van der Waals surface area (Å²) >= 11 is 0. The number of allylic oxidation sites excluding steroid dienone is 7. The van der Waals surface area contributed by atoms with Gasteiger partial charge in [0.2, 0.25) is 0 Å². The van der Waals surface area contributed by atoms with Crippen LogP contribution in [0.15, 0.2) is 83.6 Å². The molecular weight excluding hydrogens is 278 g/mol. The lowest BCUT2D eigenvalue weighted by Gasteiger charge is -2.04. The van der Waals surface area contributed by atoms with Gasteiger partial charge in [-0.15, -0.1) is 0 Å². The average Bonchev–Trinajstić information content (AvgIpc) is 2.47. The Kier molecular flexibility index (Phi) is 7.76. The van der Waals surface area contributed by atoms with Gasteiger partial charge in [0.15, 0.2) is 0 Å². The van der Waals surface area contributed by atoms with Crippen molar-refractivity contribution < 1.29 is 0 Å². The lowest BCUT2D eigenvalue weighted by atomic mass is 10.0. The van der Waals surface area contributed by atoms with E-state index in [-0.39, 0.29) is 0 Å². The fourth-order valence-electron chi connectivity index (χ4n) is 1.94. The van der Waals surface area contributed by atoms with Gasteiger partial charge in [-0.2, -0.15) is 0 Å². The Morgan fingerprint density at radius 2 is 1.70 bits per heavy atom. The van der Waals surface area contributed by atoms with E-state index in [9.17, 15) is 0 Å². The lowest BCUT2D eigenvalue weighted by Crippen LogP contribution is -1.91.